The van der Waals surface area contributed by atoms with Gasteiger partial charge in [-0.15, -0.1) is 11.5 Å². The fourth-order valence-corrected chi connectivity index (χ4v) is 2.74. The predicted octanol–water partition coefficient (Wildman–Crippen LogP) is 3.20. The van der Waals surface area contributed by atoms with Gasteiger partial charge in [-0.2, -0.15) is 0 Å². The zero-order valence-corrected chi connectivity index (χ0v) is 11.3. The summed E-state index contributed by atoms with van der Waals surface area (Å²) < 4.78 is 0. The average molecular weight is 224 g/mol. The summed E-state index contributed by atoms with van der Waals surface area (Å²) in [7, 11) is -1.25. The van der Waals surface area contributed by atoms with Crippen molar-refractivity contribution in [2.75, 3.05) is 0 Å². The molecular weight excluding hydrogens is 200 g/mol. The average Bonchev–Trinajstić information content (AvgIpc) is 2.17. The summed E-state index contributed by atoms with van der Waals surface area (Å²) >= 11 is 0. The molecule has 0 unspecified atom stereocenters. The van der Waals surface area contributed by atoms with E-state index in [1.165, 1.54) is 32.1 Å². The SMILES string of the molecule is C[Si](C)(C)C#CC[C@H](O)C1CCCCC1. The van der Waals surface area contributed by atoms with Crippen LogP contribution in [0.25, 0.3) is 0 Å². The lowest BCUT2D eigenvalue weighted by Gasteiger charge is -2.25. The van der Waals surface area contributed by atoms with Gasteiger partial charge in [-0.1, -0.05) is 38.9 Å². The van der Waals surface area contributed by atoms with E-state index in [0.29, 0.717) is 12.3 Å². The van der Waals surface area contributed by atoms with Crippen LogP contribution in [0.4, 0.5) is 0 Å². The summed E-state index contributed by atoms with van der Waals surface area (Å²) in [6.07, 6.45) is 6.87. The van der Waals surface area contributed by atoms with Gasteiger partial charge in [-0.3, -0.25) is 0 Å². The van der Waals surface area contributed by atoms with E-state index in [0.717, 1.165) is 0 Å². The second-order valence-corrected chi connectivity index (χ2v) is 10.5. The van der Waals surface area contributed by atoms with Gasteiger partial charge in [0.1, 0.15) is 8.07 Å². The Labute approximate surface area is 95.3 Å². The molecule has 0 amide bonds. The van der Waals surface area contributed by atoms with Gasteiger partial charge < -0.3 is 5.11 Å². The summed E-state index contributed by atoms with van der Waals surface area (Å²) in [5, 5.41) is 9.98. The molecule has 1 rings (SSSR count). The van der Waals surface area contributed by atoms with E-state index in [1.54, 1.807) is 0 Å². The summed E-state index contributed by atoms with van der Waals surface area (Å²) in [6.45, 7) is 6.73. The molecule has 0 aromatic rings. The maximum absolute atomic E-state index is 9.98. The molecule has 0 aromatic carbocycles. The summed E-state index contributed by atoms with van der Waals surface area (Å²) in [5.74, 6) is 3.71. The fraction of sp³-hybridized carbons (Fsp3) is 0.846. The van der Waals surface area contributed by atoms with Crippen LogP contribution in [-0.4, -0.2) is 19.3 Å². The van der Waals surface area contributed by atoms with Gasteiger partial charge in [0, 0.05) is 6.42 Å². The van der Waals surface area contributed by atoms with Crippen molar-refractivity contribution < 1.29 is 5.11 Å². The van der Waals surface area contributed by atoms with Gasteiger partial charge >= 0.3 is 0 Å². The summed E-state index contributed by atoms with van der Waals surface area (Å²) in [6, 6.07) is 0. The van der Waals surface area contributed by atoms with Crippen LogP contribution < -0.4 is 0 Å². The maximum Gasteiger partial charge on any atom is 0.129 e. The number of aliphatic hydroxyl groups excluding tert-OH is 1. The Hall–Kier alpha value is -0.263. The van der Waals surface area contributed by atoms with Gasteiger partial charge in [0.2, 0.25) is 0 Å². The Morgan fingerprint density at radius 2 is 1.80 bits per heavy atom. The van der Waals surface area contributed by atoms with E-state index in [-0.39, 0.29) is 6.10 Å². The first-order chi connectivity index (χ1) is 6.99. The molecule has 1 nitrogen and oxygen atoms in total. The first-order valence-corrected chi connectivity index (χ1v) is 9.67. The molecule has 1 N–H and O–H groups in total. The highest BCUT2D eigenvalue weighted by Crippen LogP contribution is 2.27. The Morgan fingerprint density at radius 1 is 1.20 bits per heavy atom. The Morgan fingerprint density at radius 3 is 2.33 bits per heavy atom. The molecule has 86 valence electrons. The van der Waals surface area contributed by atoms with Gasteiger partial charge in [0.15, 0.2) is 0 Å². The van der Waals surface area contributed by atoms with Crippen molar-refractivity contribution in [2.24, 2.45) is 5.92 Å². The normalized spacial score (nSPS) is 20.5. The van der Waals surface area contributed by atoms with Crippen LogP contribution in [0.2, 0.25) is 19.6 Å². The molecule has 15 heavy (non-hydrogen) atoms. The minimum Gasteiger partial charge on any atom is -0.392 e. The van der Waals surface area contributed by atoms with Gasteiger partial charge in [0.05, 0.1) is 6.10 Å². The topological polar surface area (TPSA) is 20.2 Å². The third-order valence-corrected chi connectivity index (χ3v) is 3.90. The summed E-state index contributed by atoms with van der Waals surface area (Å²) in [4.78, 5) is 0. The lowest BCUT2D eigenvalue weighted by Crippen LogP contribution is -2.23. The highest BCUT2D eigenvalue weighted by atomic mass is 28.3. The van der Waals surface area contributed by atoms with Gasteiger partial charge in [-0.25, -0.2) is 0 Å². The Balaban J connectivity index is 2.33. The smallest absolute Gasteiger partial charge is 0.129 e. The molecule has 0 saturated heterocycles. The first-order valence-electron chi connectivity index (χ1n) is 6.17. The molecule has 1 aliphatic carbocycles. The van der Waals surface area contributed by atoms with Crippen LogP contribution in [0.3, 0.4) is 0 Å². The van der Waals surface area contributed by atoms with Crippen molar-refractivity contribution in [3.05, 3.63) is 0 Å². The van der Waals surface area contributed by atoms with E-state index in [4.69, 9.17) is 0 Å². The molecule has 1 atom stereocenters. The van der Waals surface area contributed by atoms with Gasteiger partial charge in [-0.05, 0) is 18.8 Å². The lowest BCUT2D eigenvalue weighted by atomic mass is 9.84. The van der Waals surface area contributed by atoms with Crippen LogP contribution in [-0.2, 0) is 0 Å². The number of hydrogen-bond donors (Lipinski definition) is 1. The van der Waals surface area contributed by atoms with Crippen LogP contribution in [0.15, 0.2) is 0 Å². The Bertz CT molecular complexity index is 237. The van der Waals surface area contributed by atoms with E-state index >= 15 is 0 Å². The van der Waals surface area contributed by atoms with Crippen molar-refractivity contribution >= 4 is 8.07 Å². The predicted molar refractivity (Wildman–Crippen MR) is 68.3 cm³/mol. The van der Waals surface area contributed by atoms with Crippen LogP contribution >= 0.6 is 0 Å². The largest absolute Gasteiger partial charge is 0.392 e. The molecule has 0 aliphatic heterocycles. The van der Waals surface area contributed by atoms with E-state index in [9.17, 15) is 5.11 Å². The standard InChI is InChI=1S/C13H24OSi/c1-15(2,3)11-7-10-13(14)12-8-5-4-6-9-12/h12-14H,4-6,8-10H2,1-3H3/t13-/m0/s1. The molecule has 0 bridgehead atoms. The van der Waals surface area contributed by atoms with Crippen molar-refractivity contribution in [3.8, 4) is 11.5 Å². The van der Waals surface area contributed by atoms with E-state index in [1.807, 2.05) is 0 Å². The molecule has 0 radical (unpaired) electrons. The van der Waals surface area contributed by atoms with Crippen LogP contribution in [0, 0.1) is 17.4 Å². The number of aliphatic hydroxyl groups is 1. The van der Waals surface area contributed by atoms with Crippen molar-refractivity contribution in [1.82, 2.24) is 0 Å². The molecule has 2 heteroatoms. The summed E-state index contributed by atoms with van der Waals surface area (Å²) in [5.41, 5.74) is 3.32. The molecule has 1 aliphatic rings. The van der Waals surface area contributed by atoms with Gasteiger partial charge in [0.25, 0.3) is 0 Å². The Kier molecular flexibility index (Phi) is 4.88. The van der Waals surface area contributed by atoms with Crippen molar-refractivity contribution in [2.45, 2.75) is 64.3 Å². The van der Waals surface area contributed by atoms with Crippen molar-refractivity contribution in [3.63, 3.8) is 0 Å². The minimum atomic E-state index is -1.25. The molecule has 0 aromatic heterocycles. The second-order valence-electron chi connectivity index (χ2n) is 5.72. The molecule has 1 saturated carbocycles. The molecule has 1 fully saturated rings. The van der Waals surface area contributed by atoms with E-state index < -0.39 is 8.07 Å². The maximum atomic E-state index is 9.98. The molecule has 0 heterocycles. The first kappa shape index (κ1) is 12.8. The number of hydrogen-bond acceptors (Lipinski definition) is 1. The minimum absolute atomic E-state index is 0.172. The van der Waals surface area contributed by atoms with E-state index in [2.05, 4.69) is 31.1 Å². The van der Waals surface area contributed by atoms with Crippen LogP contribution in [0.1, 0.15) is 38.5 Å². The highest BCUT2D eigenvalue weighted by molar-refractivity contribution is 6.83. The van der Waals surface area contributed by atoms with Crippen LogP contribution in [0.5, 0.6) is 0 Å². The fourth-order valence-electron chi connectivity index (χ4n) is 2.11. The number of rotatable bonds is 2. The molecule has 0 spiro atoms. The third kappa shape index (κ3) is 5.39. The second kappa shape index (κ2) is 5.72. The quantitative estimate of drug-likeness (QED) is 0.564. The zero-order valence-electron chi connectivity index (χ0n) is 10.3. The zero-order chi connectivity index (χ0) is 11.3. The molecular formula is C13H24OSi. The highest BCUT2D eigenvalue weighted by Gasteiger charge is 2.20. The lowest BCUT2D eigenvalue weighted by molar-refractivity contribution is 0.0892. The monoisotopic (exact) mass is 224 g/mol. The third-order valence-electron chi connectivity index (χ3n) is 2.97. The van der Waals surface area contributed by atoms with Crippen molar-refractivity contribution in [1.29, 1.82) is 0 Å².